The van der Waals surface area contributed by atoms with Gasteiger partial charge in [0, 0.05) is 23.5 Å². The summed E-state index contributed by atoms with van der Waals surface area (Å²) in [6.45, 7) is 0. The highest BCUT2D eigenvalue weighted by molar-refractivity contribution is 6.07. The molecule has 0 unspecified atom stereocenters. The van der Waals surface area contributed by atoms with Crippen molar-refractivity contribution in [3.05, 3.63) is 139 Å². The van der Waals surface area contributed by atoms with Gasteiger partial charge in [-0.1, -0.05) is 54.6 Å². The Morgan fingerprint density at radius 2 is 1.22 bits per heavy atom. The standard InChI is InChI=1S/C33H27N3O5/c37-29-18-14-24(15-19-29)20-23-12-16-26(17-13-23)34-32(39)36(27-8-4-10-30(38)21-27)28-9-5-11-31(22-28)41-33(40)35-25-6-2-1-3-7-25/h1-19,21-22,37-38H,20H2,(H,34,39)(H,35,40). The van der Waals surface area contributed by atoms with Crippen molar-refractivity contribution in [2.45, 2.75) is 6.42 Å². The molecule has 3 amide bonds. The molecule has 0 radical (unpaired) electrons. The van der Waals surface area contributed by atoms with E-state index >= 15 is 0 Å². The second kappa shape index (κ2) is 12.4. The zero-order valence-electron chi connectivity index (χ0n) is 21.9. The molecule has 0 saturated heterocycles. The van der Waals surface area contributed by atoms with E-state index in [1.807, 2.05) is 42.5 Å². The van der Waals surface area contributed by atoms with E-state index < -0.39 is 12.1 Å². The summed E-state index contributed by atoms with van der Waals surface area (Å²) in [7, 11) is 0. The van der Waals surface area contributed by atoms with Gasteiger partial charge in [-0.3, -0.25) is 10.2 Å². The van der Waals surface area contributed by atoms with Crippen LogP contribution in [0.5, 0.6) is 17.2 Å². The van der Waals surface area contributed by atoms with Crippen LogP contribution in [-0.4, -0.2) is 22.3 Å². The molecule has 0 fully saturated rings. The van der Waals surface area contributed by atoms with Gasteiger partial charge in [-0.05, 0) is 78.2 Å². The molecule has 0 saturated carbocycles. The van der Waals surface area contributed by atoms with Crippen LogP contribution in [0.4, 0.5) is 32.3 Å². The topological polar surface area (TPSA) is 111 Å². The van der Waals surface area contributed by atoms with Gasteiger partial charge in [-0.2, -0.15) is 0 Å². The number of hydrogen-bond acceptors (Lipinski definition) is 5. The van der Waals surface area contributed by atoms with Crippen LogP contribution in [0.3, 0.4) is 0 Å². The van der Waals surface area contributed by atoms with Crippen molar-refractivity contribution in [2.24, 2.45) is 0 Å². The third-order valence-electron chi connectivity index (χ3n) is 6.15. The number of aromatic hydroxyl groups is 2. The lowest BCUT2D eigenvalue weighted by molar-refractivity contribution is 0.215. The SMILES string of the molecule is O=C(Nc1ccccc1)Oc1cccc(N(C(=O)Nc2ccc(Cc3ccc(O)cc3)cc2)c2cccc(O)c2)c1. The second-order valence-corrected chi connectivity index (χ2v) is 9.20. The van der Waals surface area contributed by atoms with Gasteiger partial charge >= 0.3 is 12.1 Å². The fraction of sp³-hybridized carbons (Fsp3) is 0.0303. The molecular formula is C33H27N3O5. The number of rotatable bonds is 7. The van der Waals surface area contributed by atoms with Crippen LogP contribution >= 0.6 is 0 Å². The van der Waals surface area contributed by atoms with Crippen molar-refractivity contribution < 1.29 is 24.5 Å². The van der Waals surface area contributed by atoms with Crippen LogP contribution in [0.15, 0.2) is 127 Å². The van der Waals surface area contributed by atoms with Crippen LogP contribution in [0.1, 0.15) is 11.1 Å². The molecule has 8 nitrogen and oxygen atoms in total. The molecule has 0 bridgehead atoms. The number of phenolic OH excluding ortho intramolecular Hbond substituents is 2. The van der Waals surface area contributed by atoms with Crippen molar-refractivity contribution >= 4 is 34.9 Å². The Labute approximate surface area is 237 Å². The lowest BCUT2D eigenvalue weighted by Crippen LogP contribution is -2.30. The van der Waals surface area contributed by atoms with Crippen molar-refractivity contribution in [3.63, 3.8) is 0 Å². The van der Waals surface area contributed by atoms with E-state index in [4.69, 9.17) is 4.74 Å². The predicted octanol–water partition coefficient (Wildman–Crippen LogP) is 7.67. The Morgan fingerprint density at radius 3 is 1.90 bits per heavy atom. The number of para-hydroxylation sites is 1. The Bertz CT molecular complexity index is 1640. The highest BCUT2D eigenvalue weighted by Gasteiger charge is 2.20. The molecule has 0 spiro atoms. The molecule has 5 rings (SSSR count). The zero-order chi connectivity index (χ0) is 28.6. The van der Waals surface area contributed by atoms with Gasteiger partial charge in [0.05, 0.1) is 11.4 Å². The molecule has 0 aliphatic rings. The van der Waals surface area contributed by atoms with Crippen LogP contribution in [-0.2, 0) is 6.42 Å². The Hall–Kier alpha value is -5.76. The normalized spacial score (nSPS) is 10.4. The maximum atomic E-state index is 13.6. The molecule has 5 aromatic carbocycles. The van der Waals surface area contributed by atoms with Gasteiger partial charge in [-0.25, -0.2) is 9.59 Å². The molecule has 5 aromatic rings. The first-order valence-corrected chi connectivity index (χ1v) is 12.8. The summed E-state index contributed by atoms with van der Waals surface area (Å²) in [5.41, 5.74) is 4.08. The molecule has 0 aromatic heterocycles. The van der Waals surface area contributed by atoms with Gasteiger partial charge in [0.15, 0.2) is 0 Å². The van der Waals surface area contributed by atoms with Crippen molar-refractivity contribution in [1.29, 1.82) is 0 Å². The fourth-order valence-electron chi connectivity index (χ4n) is 4.21. The maximum absolute atomic E-state index is 13.6. The number of nitrogens with zero attached hydrogens (tertiary/aromatic N) is 1. The van der Waals surface area contributed by atoms with E-state index in [2.05, 4.69) is 10.6 Å². The minimum absolute atomic E-state index is 0.00599. The Kier molecular flexibility index (Phi) is 8.11. The summed E-state index contributed by atoms with van der Waals surface area (Å²) < 4.78 is 5.46. The second-order valence-electron chi connectivity index (χ2n) is 9.20. The maximum Gasteiger partial charge on any atom is 0.417 e. The minimum atomic E-state index is -0.672. The van der Waals surface area contributed by atoms with Gasteiger partial charge < -0.3 is 20.3 Å². The number of hydrogen-bond donors (Lipinski definition) is 4. The molecule has 8 heteroatoms. The Morgan fingerprint density at radius 1 is 0.610 bits per heavy atom. The monoisotopic (exact) mass is 545 g/mol. The lowest BCUT2D eigenvalue weighted by Gasteiger charge is -2.24. The van der Waals surface area contributed by atoms with Gasteiger partial charge in [0.1, 0.15) is 17.2 Å². The smallest absolute Gasteiger partial charge is 0.417 e. The first kappa shape index (κ1) is 26.8. The summed E-state index contributed by atoms with van der Waals surface area (Å²) >= 11 is 0. The van der Waals surface area contributed by atoms with E-state index in [1.54, 1.807) is 72.8 Å². The van der Waals surface area contributed by atoms with E-state index in [9.17, 15) is 19.8 Å². The molecule has 204 valence electrons. The lowest BCUT2D eigenvalue weighted by atomic mass is 10.0. The largest absolute Gasteiger partial charge is 0.508 e. The molecule has 0 atom stereocenters. The molecule has 41 heavy (non-hydrogen) atoms. The van der Waals surface area contributed by atoms with Crippen molar-refractivity contribution in [2.75, 3.05) is 15.5 Å². The average molecular weight is 546 g/mol. The van der Waals surface area contributed by atoms with Crippen molar-refractivity contribution in [1.82, 2.24) is 0 Å². The number of carbonyl (C=O) groups excluding carboxylic acids is 2. The van der Waals surface area contributed by atoms with Gasteiger partial charge in [-0.15, -0.1) is 0 Å². The number of urea groups is 1. The summed E-state index contributed by atoms with van der Waals surface area (Å²) in [5.74, 6) is 0.441. The van der Waals surface area contributed by atoms with Crippen LogP contribution < -0.4 is 20.3 Å². The zero-order valence-corrected chi connectivity index (χ0v) is 21.9. The van der Waals surface area contributed by atoms with Crippen molar-refractivity contribution in [3.8, 4) is 17.2 Å². The average Bonchev–Trinajstić information content (AvgIpc) is 2.96. The van der Waals surface area contributed by atoms with E-state index in [0.29, 0.717) is 29.2 Å². The highest BCUT2D eigenvalue weighted by atomic mass is 16.6. The number of carbonyl (C=O) groups is 2. The Balaban J connectivity index is 1.34. The quantitative estimate of drug-likeness (QED) is 0.168. The van der Waals surface area contributed by atoms with Gasteiger partial charge in [0.2, 0.25) is 0 Å². The van der Waals surface area contributed by atoms with E-state index in [-0.39, 0.29) is 17.2 Å². The van der Waals surface area contributed by atoms with Crippen LogP contribution in [0.2, 0.25) is 0 Å². The third kappa shape index (κ3) is 7.21. The highest BCUT2D eigenvalue weighted by Crippen LogP contribution is 2.31. The van der Waals surface area contributed by atoms with E-state index in [0.717, 1.165) is 11.1 Å². The first-order valence-electron chi connectivity index (χ1n) is 12.8. The molecule has 4 N–H and O–H groups in total. The fourth-order valence-corrected chi connectivity index (χ4v) is 4.21. The third-order valence-corrected chi connectivity index (χ3v) is 6.15. The summed E-state index contributed by atoms with van der Waals surface area (Å²) in [5, 5.41) is 25.2. The first-order chi connectivity index (χ1) is 19.9. The number of ether oxygens (including phenoxy) is 1. The van der Waals surface area contributed by atoms with Crippen LogP contribution in [0, 0.1) is 0 Å². The summed E-state index contributed by atoms with van der Waals surface area (Å²) in [4.78, 5) is 27.4. The van der Waals surface area contributed by atoms with Crippen LogP contribution in [0.25, 0.3) is 0 Å². The number of phenols is 2. The molecule has 0 heterocycles. The minimum Gasteiger partial charge on any atom is -0.508 e. The number of amides is 3. The molecular weight excluding hydrogens is 518 g/mol. The summed E-state index contributed by atoms with van der Waals surface area (Å²) in [6, 6.07) is 35.8. The number of benzene rings is 5. The summed E-state index contributed by atoms with van der Waals surface area (Å²) in [6.07, 6.45) is 0.00304. The predicted molar refractivity (Wildman–Crippen MR) is 159 cm³/mol. The van der Waals surface area contributed by atoms with E-state index in [1.165, 1.54) is 17.0 Å². The van der Waals surface area contributed by atoms with Gasteiger partial charge in [0.25, 0.3) is 0 Å². The number of anilines is 4. The molecule has 0 aliphatic heterocycles. The molecule has 0 aliphatic carbocycles. The number of nitrogens with one attached hydrogen (secondary N) is 2.